The molecule has 0 spiro atoms. The fraction of sp³-hybridized carbons (Fsp3) is 0.429. The number of anilines is 1. The van der Waals surface area contributed by atoms with Crippen LogP contribution in [0.15, 0.2) is 17.1 Å². The molecule has 0 aromatic carbocycles. The molecule has 120 valence electrons. The molecule has 3 atom stereocenters. The molecule has 1 saturated heterocycles. The van der Waals surface area contributed by atoms with Gasteiger partial charge in [-0.15, -0.1) is 11.6 Å². The van der Waals surface area contributed by atoms with Crippen LogP contribution in [-0.2, 0) is 11.3 Å². The molecule has 1 aromatic heterocycles. The van der Waals surface area contributed by atoms with Crippen molar-refractivity contribution < 1.29 is 9.18 Å². The van der Waals surface area contributed by atoms with E-state index in [1.807, 2.05) is 6.07 Å². The third-order valence-corrected chi connectivity index (χ3v) is 3.89. The number of hydrogen-bond donors (Lipinski definition) is 2. The molecule has 0 bridgehead atoms. The Morgan fingerprint density at radius 3 is 2.87 bits per heavy atom. The third-order valence-electron chi connectivity index (χ3n) is 3.46. The standard InChI is InChI=1S/C14H13ClFN5O2/c15-10-4-11(20-12(10)6-18)13(22)19-9-3-8(5-17)14(23)21(7-9)2-1-16/h3,7,10-12,20H,1-2,4H2,(H,19,22). The maximum Gasteiger partial charge on any atom is 0.268 e. The normalized spacial score (nSPS) is 23.0. The Labute approximate surface area is 136 Å². The van der Waals surface area contributed by atoms with E-state index in [1.54, 1.807) is 6.07 Å². The lowest BCUT2D eigenvalue weighted by molar-refractivity contribution is -0.117. The first-order valence-corrected chi connectivity index (χ1v) is 7.25. The van der Waals surface area contributed by atoms with Crippen molar-refractivity contribution in [2.45, 2.75) is 30.4 Å². The highest BCUT2D eigenvalue weighted by molar-refractivity contribution is 6.22. The van der Waals surface area contributed by atoms with Crippen molar-refractivity contribution >= 4 is 23.2 Å². The van der Waals surface area contributed by atoms with E-state index in [0.717, 1.165) is 4.57 Å². The number of amides is 1. The maximum atomic E-state index is 12.5. The van der Waals surface area contributed by atoms with Gasteiger partial charge < -0.3 is 9.88 Å². The highest BCUT2D eigenvalue weighted by Gasteiger charge is 2.36. The van der Waals surface area contributed by atoms with Crippen LogP contribution in [0.4, 0.5) is 10.1 Å². The number of nitrogens with one attached hydrogen (secondary N) is 2. The minimum absolute atomic E-state index is 0.194. The molecule has 1 aromatic rings. The second-order valence-corrected chi connectivity index (χ2v) is 5.57. The average molecular weight is 338 g/mol. The fourth-order valence-corrected chi connectivity index (χ4v) is 2.63. The predicted molar refractivity (Wildman–Crippen MR) is 80.6 cm³/mol. The molecule has 2 heterocycles. The minimum Gasteiger partial charge on any atom is -0.323 e. The van der Waals surface area contributed by atoms with Crippen LogP contribution in [0.5, 0.6) is 0 Å². The smallest absolute Gasteiger partial charge is 0.268 e. The number of pyridine rings is 1. The molecule has 2 N–H and O–H groups in total. The van der Waals surface area contributed by atoms with Gasteiger partial charge in [0.15, 0.2) is 0 Å². The summed E-state index contributed by atoms with van der Waals surface area (Å²) in [4.78, 5) is 24.0. The number of halogens is 2. The topological polar surface area (TPSA) is 111 Å². The second kappa shape index (κ2) is 7.23. The molecule has 7 nitrogen and oxygen atoms in total. The number of nitrogens with zero attached hydrogens (tertiary/aromatic N) is 3. The van der Waals surface area contributed by atoms with Crippen LogP contribution < -0.4 is 16.2 Å². The lowest BCUT2D eigenvalue weighted by Crippen LogP contribution is -2.39. The van der Waals surface area contributed by atoms with Gasteiger partial charge in [-0.25, -0.2) is 4.39 Å². The van der Waals surface area contributed by atoms with Crippen molar-refractivity contribution in [3.8, 4) is 12.1 Å². The zero-order valence-electron chi connectivity index (χ0n) is 11.9. The summed E-state index contributed by atoms with van der Waals surface area (Å²) in [5.41, 5.74) is -0.610. The summed E-state index contributed by atoms with van der Waals surface area (Å²) in [6, 6.07) is 3.62. The van der Waals surface area contributed by atoms with Gasteiger partial charge in [-0.2, -0.15) is 10.5 Å². The molecule has 0 saturated carbocycles. The fourth-order valence-electron chi connectivity index (χ4n) is 2.32. The monoisotopic (exact) mass is 337 g/mol. The van der Waals surface area contributed by atoms with Gasteiger partial charge in [-0.3, -0.25) is 14.9 Å². The Bertz CT molecular complexity index is 751. The van der Waals surface area contributed by atoms with Crippen LogP contribution >= 0.6 is 11.6 Å². The van der Waals surface area contributed by atoms with Gasteiger partial charge in [-0.1, -0.05) is 0 Å². The summed E-state index contributed by atoms with van der Waals surface area (Å²) >= 11 is 5.96. The first-order chi connectivity index (χ1) is 11.0. The number of aromatic nitrogens is 1. The predicted octanol–water partition coefficient (Wildman–Crippen LogP) is 0.489. The third kappa shape index (κ3) is 3.67. The van der Waals surface area contributed by atoms with E-state index < -0.39 is 35.6 Å². The molecule has 1 aliphatic rings. The largest absolute Gasteiger partial charge is 0.323 e. The summed E-state index contributed by atoms with van der Waals surface area (Å²) < 4.78 is 13.5. The number of rotatable bonds is 4. The summed E-state index contributed by atoms with van der Waals surface area (Å²) in [5, 5.41) is 22.7. The van der Waals surface area contributed by atoms with Crippen molar-refractivity contribution in [3.63, 3.8) is 0 Å². The van der Waals surface area contributed by atoms with Crippen LogP contribution in [0.3, 0.4) is 0 Å². The molecule has 0 aliphatic carbocycles. The summed E-state index contributed by atoms with van der Waals surface area (Å²) in [5.74, 6) is -0.442. The van der Waals surface area contributed by atoms with Crippen molar-refractivity contribution in [1.82, 2.24) is 9.88 Å². The van der Waals surface area contributed by atoms with Crippen molar-refractivity contribution in [3.05, 3.63) is 28.2 Å². The van der Waals surface area contributed by atoms with E-state index in [0.29, 0.717) is 0 Å². The molecule has 1 fully saturated rings. The van der Waals surface area contributed by atoms with Crippen LogP contribution in [0.25, 0.3) is 0 Å². The zero-order chi connectivity index (χ0) is 17.0. The Morgan fingerprint density at radius 1 is 1.57 bits per heavy atom. The van der Waals surface area contributed by atoms with E-state index in [1.165, 1.54) is 12.3 Å². The Balaban J connectivity index is 2.19. The Hall–Kier alpha value is -2.42. The number of carbonyl (C=O) groups is 1. The van der Waals surface area contributed by atoms with E-state index in [9.17, 15) is 14.0 Å². The number of aryl methyl sites for hydroxylation is 1. The first kappa shape index (κ1) is 16.9. The molecule has 2 rings (SSSR count). The number of alkyl halides is 2. The number of hydrogen-bond acceptors (Lipinski definition) is 5. The van der Waals surface area contributed by atoms with Gasteiger partial charge in [0.05, 0.1) is 29.7 Å². The summed E-state index contributed by atoms with van der Waals surface area (Å²) in [6.45, 7) is -0.983. The Morgan fingerprint density at radius 2 is 2.30 bits per heavy atom. The molecule has 0 radical (unpaired) electrons. The van der Waals surface area contributed by atoms with Gasteiger partial charge in [0, 0.05) is 6.20 Å². The van der Waals surface area contributed by atoms with E-state index in [4.69, 9.17) is 22.1 Å². The van der Waals surface area contributed by atoms with Crippen LogP contribution in [0.2, 0.25) is 0 Å². The number of carbonyl (C=O) groups excluding carboxylic acids is 1. The SMILES string of the molecule is N#Cc1cc(NC(=O)C2CC(Cl)C(C#N)N2)cn(CCF)c1=O. The van der Waals surface area contributed by atoms with Gasteiger partial charge >= 0.3 is 0 Å². The zero-order valence-corrected chi connectivity index (χ0v) is 12.7. The maximum absolute atomic E-state index is 12.5. The lowest BCUT2D eigenvalue weighted by Gasteiger charge is -2.13. The van der Waals surface area contributed by atoms with Crippen LogP contribution in [0.1, 0.15) is 12.0 Å². The number of nitriles is 2. The Kier molecular flexibility index (Phi) is 5.32. The van der Waals surface area contributed by atoms with Gasteiger partial charge in [-0.05, 0) is 12.5 Å². The van der Waals surface area contributed by atoms with Crippen molar-refractivity contribution in [2.24, 2.45) is 0 Å². The minimum atomic E-state index is -0.774. The summed E-state index contributed by atoms with van der Waals surface area (Å²) in [6.07, 6.45) is 1.55. The van der Waals surface area contributed by atoms with E-state index in [-0.39, 0.29) is 24.2 Å². The van der Waals surface area contributed by atoms with Gasteiger partial charge in [0.2, 0.25) is 5.91 Å². The molecular formula is C14H13ClFN5O2. The van der Waals surface area contributed by atoms with E-state index >= 15 is 0 Å². The van der Waals surface area contributed by atoms with Crippen LogP contribution in [-0.4, -0.2) is 34.6 Å². The quantitative estimate of drug-likeness (QED) is 0.777. The van der Waals surface area contributed by atoms with Gasteiger partial charge in [0.1, 0.15) is 24.3 Å². The van der Waals surface area contributed by atoms with Crippen LogP contribution in [0, 0.1) is 22.7 Å². The van der Waals surface area contributed by atoms with Crippen molar-refractivity contribution in [2.75, 3.05) is 12.0 Å². The molecule has 1 amide bonds. The van der Waals surface area contributed by atoms with E-state index in [2.05, 4.69) is 10.6 Å². The molecule has 3 unspecified atom stereocenters. The second-order valence-electron chi connectivity index (χ2n) is 5.01. The summed E-state index contributed by atoms with van der Waals surface area (Å²) in [7, 11) is 0. The average Bonchev–Trinajstić information content (AvgIpc) is 2.91. The highest BCUT2D eigenvalue weighted by Crippen LogP contribution is 2.20. The van der Waals surface area contributed by atoms with Gasteiger partial charge in [0.25, 0.3) is 5.56 Å². The van der Waals surface area contributed by atoms with Crippen molar-refractivity contribution in [1.29, 1.82) is 10.5 Å². The molecule has 23 heavy (non-hydrogen) atoms. The lowest BCUT2D eigenvalue weighted by atomic mass is 10.2. The first-order valence-electron chi connectivity index (χ1n) is 6.81. The molecule has 9 heteroatoms. The highest BCUT2D eigenvalue weighted by atomic mass is 35.5. The molecule has 1 aliphatic heterocycles. The molecular weight excluding hydrogens is 325 g/mol.